The van der Waals surface area contributed by atoms with E-state index in [1.807, 2.05) is 6.92 Å². The molecule has 0 aliphatic carbocycles. The Labute approximate surface area is 159 Å². The van der Waals surface area contributed by atoms with Crippen LogP contribution in [0.25, 0.3) is 0 Å². The number of tetrazole rings is 1. The van der Waals surface area contributed by atoms with Gasteiger partial charge in [0, 0.05) is 6.54 Å². The highest BCUT2D eigenvalue weighted by atomic mass is 32.2. The van der Waals surface area contributed by atoms with Crippen LogP contribution < -0.4 is 10.6 Å². The van der Waals surface area contributed by atoms with Crippen molar-refractivity contribution in [1.82, 2.24) is 25.5 Å². The number of thioether (sulfide) groups is 1. The van der Waals surface area contributed by atoms with Gasteiger partial charge in [-0.1, -0.05) is 23.9 Å². The van der Waals surface area contributed by atoms with Crippen molar-refractivity contribution >= 4 is 29.3 Å². The summed E-state index contributed by atoms with van der Waals surface area (Å²) in [7, 11) is 0. The minimum atomic E-state index is -0.301. The first-order chi connectivity index (χ1) is 13.2. The van der Waals surface area contributed by atoms with Gasteiger partial charge in [-0.3, -0.25) is 9.59 Å². The second-order valence-electron chi connectivity index (χ2n) is 5.42. The molecule has 140 valence electrons. The van der Waals surface area contributed by atoms with Gasteiger partial charge < -0.3 is 15.1 Å². The van der Waals surface area contributed by atoms with Crippen LogP contribution in [-0.2, 0) is 17.9 Å². The van der Waals surface area contributed by atoms with Crippen molar-refractivity contribution in [3.8, 4) is 0 Å². The first-order valence-corrected chi connectivity index (χ1v) is 9.24. The molecule has 0 aliphatic heterocycles. The van der Waals surface area contributed by atoms with Crippen LogP contribution in [0.5, 0.6) is 0 Å². The summed E-state index contributed by atoms with van der Waals surface area (Å²) in [5.41, 5.74) is 0.816. The lowest BCUT2D eigenvalue weighted by molar-refractivity contribution is -0.113. The molecule has 9 nitrogen and oxygen atoms in total. The standard InChI is InChI=1S/C17H18N6O3S/c1-2-23-17(20-21-22-23)27-11-15(24)19-14-8-4-3-7-13(14)16(25)18-10-12-6-5-9-26-12/h3-9H,2,10-11H2,1H3,(H,18,25)(H,19,24). The molecule has 0 fully saturated rings. The van der Waals surface area contributed by atoms with Crippen LogP contribution in [0, 0.1) is 0 Å². The zero-order valence-corrected chi connectivity index (χ0v) is 15.4. The fraction of sp³-hybridized carbons (Fsp3) is 0.235. The molecule has 2 heterocycles. The van der Waals surface area contributed by atoms with Crippen molar-refractivity contribution in [2.24, 2.45) is 0 Å². The summed E-state index contributed by atoms with van der Waals surface area (Å²) in [5.74, 6) is 0.222. The zero-order valence-electron chi connectivity index (χ0n) is 14.6. The molecule has 2 N–H and O–H groups in total. The predicted octanol–water partition coefficient (Wildman–Crippen LogP) is 1.95. The van der Waals surface area contributed by atoms with Crippen molar-refractivity contribution in [3.63, 3.8) is 0 Å². The molecule has 10 heteroatoms. The summed E-state index contributed by atoms with van der Waals surface area (Å²) >= 11 is 1.23. The number of aryl methyl sites for hydroxylation is 1. The number of anilines is 1. The second-order valence-corrected chi connectivity index (χ2v) is 6.36. The molecule has 3 rings (SSSR count). The number of nitrogens with zero attached hydrogens (tertiary/aromatic N) is 4. The Morgan fingerprint density at radius 1 is 1.22 bits per heavy atom. The summed E-state index contributed by atoms with van der Waals surface area (Å²) in [5, 5.41) is 17.4. The fourth-order valence-electron chi connectivity index (χ4n) is 2.28. The van der Waals surface area contributed by atoms with Gasteiger partial charge in [0.2, 0.25) is 11.1 Å². The van der Waals surface area contributed by atoms with Crippen LogP contribution in [0.15, 0.2) is 52.2 Å². The molecule has 3 aromatic rings. The molecule has 2 amide bonds. The molecule has 1 aromatic carbocycles. The fourth-order valence-corrected chi connectivity index (χ4v) is 3.02. The molecule has 2 aromatic heterocycles. The van der Waals surface area contributed by atoms with E-state index in [4.69, 9.17) is 4.42 Å². The third kappa shape index (κ3) is 4.94. The quantitative estimate of drug-likeness (QED) is 0.569. The van der Waals surface area contributed by atoms with E-state index in [9.17, 15) is 9.59 Å². The van der Waals surface area contributed by atoms with Gasteiger partial charge in [-0.2, -0.15) is 0 Å². The van der Waals surface area contributed by atoms with Crippen LogP contribution in [0.4, 0.5) is 5.69 Å². The maximum absolute atomic E-state index is 12.4. The summed E-state index contributed by atoms with van der Waals surface area (Å²) in [6.07, 6.45) is 1.54. The van der Waals surface area contributed by atoms with Crippen molar-refractivity contribution in [1.29, 1.82) is 0 Å². The van der Waals surface area contributed by atoms with E-state index < -0.39 is 0 Å². The van der Waals surface area contributed by atoms with E-state index in [1.165, 1.54) is 11.8 Å². The predicted molar refractivity (Wildman–Crippen MR) is 99.2 cm³/mol. The highest BCUT2D eigenvalue weighted by Crippen LogP contribution is 2.18. The molecule has 0 atom stereocenters. The van der Waals surface area contributed by atoms with Gasteiger partial charge in [-0.25, -0.2) is 4.68 Å². The largest absolute Gasteiger partial charge is 0.467 e. The molecular formula is C17H18N6O3S. The van der Waals surface area contributed by atoms with Crippen molar-refractivity contribution in [2.75, 3.05) is 11.1 Å². The number of nitrogens with one attached hydrogen (secondary N) is 2. The Hall–Kier alpha value is -3.14. The van der Waals surface area contributed by atoms with Crippen LogP contribution in [0.3, 0.4) is 0 Å². The monoisotopic (exact) mass is 386 g/mol. The number of carbonyl (C=O) groups excluding carboxylic acids is 2. The Kier molecular flexibility index (Phi) is 6.21. The molecule has 0 unspecified atom stereocenters. The van der Waals surface area contributed by atoms with Gasteiger partial charge in [-0.05, 0) is 41.6 Å². The minimum Gasteiger partial charge on any atom is -0.467 e. The summed E-state index contributed by atoms with van der Waals surface area (Å²) in [6.45, 7) is 2.80. The van der Waals surface area contributed by atoms with E-state index in [2.05, 4.69) is 26.2 Å². The number of para-hydroxylation sites is 1. The third-order valence-electron chi connectivity index (χ3n) is 3.58. The molecule has 0 bridgehead atoms. The van der Waals surface area contributed by atoms with Crippen molar-refractivity contribution < 1.29 is 14.0 Å². The lowest BCUT2D eigenvalue weighted by Gasteiger charge is -2.11. The van der Waals surface area contributed by atoms with Crippen LogP contribution in [0.1, 0.15) is 23.0 Å². The van der Waals surface area contributed by atoms with Gasteiger partial charge in [0.05, 0.1) is 29.8 Å². The average molecular weight is 386 g/mol. The first-order valence-electron chi connectivity index (χ1n) is 8.25. The van der Waals surface area contributed by atoms with E-state index in [1.54, 1.807) is 47.3 Å². The molecule has 27 heavy (non-hydrogen) atoms. The summed E-state index contributed by atoms with van der Waals surface area (Å²) in [6, 6.07) is 10.3. The Morgan fingerprint density at radius 3 is 2.85 bits per heavy atom. The van der Waals surface area contributed by atoms with Crippen LogP contribution in [-0.4, -0.2) is 37.8 Å². The Bertz CT molecular complexity index is 909. The van der Waals surface area contributed by atoms with E-state index in [0.717, 1.165) is 0 Å². The number of aromatic nitrogens is 4. The minimum absolute atomic E-state index is 0.128. The number of carbonyl (C=O) groups is 2. The Balaban J connectivity index is 1.59. The highest BCUT2D eigenvalue weighted by molar-refractivity contribution is 7.99. The van der Waals surface area contributed by atoms with Crippen LogP contribution >= 0.6 is 11.8 Å². The van der Waals surface area contributed by atoms with Gasteiger partial charge in [-0.15, -0.1) is 5.10 Å². The van der Waals surface area contributed by atoms with E-state index in [0.29, 0.717) is 28.7 Å². The van der Waals surface area contributed by atoms with Gasteiger partial charge in [0.1, 0.15) is 5.76 Å². The number of hydrogen-bond donors (Lipinski definition) is 2. The van der Waals surface area contributed by atoms with Gasteiger partial charge >= 0.3 is 0 Å². The zero-order chi connectivity index (χ0) is 19.1. The van der Waals surface area contributed by atoms with E-state index >= 15 is 0 Å². The van der Waals surface area contributed by atoms with Crippen molar-refractivity contribution in [2.45, 2.75) is 25.2 Å². The summed E-state index contributed by atoms with van der Waals surface area (Å²) in [4.78, 5) is 24.7. The topological polar surface area (TPSA) is 115 Å². The number of rotatable bonds is 8. The number of furan rings is 1. The number of amides is 2. The molecular weight excluding hydrogens is 368 g/mol. The number of benzene rings is 1. The van der Waals surface area contributed by atoms with Crippen molar-refractivity contribution in [3.05, 3.63) is 54.0 Å². The first kappa shape index (κ1) is 18.6. The molecule has 0 saturated heterocycles. The lowest BCUT2D eigenvalue weighted by Crippen LogP contribution is -2.25. The smallest absolute Gasteiger partial charge is 0.253 e. The SMILES string of the molecule is CCn1nnnc1SCC(=O)Nc1ccccc1C(=O)NCc1ccco1. The number of hydrogen-bond acceptors (Lipinski definition) is 7. The van der Waals surface area contributed by atoms with Gasteiger partial charge in [0.15, 0.2) is 0 Å². The lowest BCUT2D eigenvalue weighted by atomic mass is 10.1. The second kappa shape index (κ2) is 8.99. The highest BCUT2D eigenvalue weighted by Gasteiger charge is 2.14. The van der Waals surface area contributed by atoms with Crippen LogP contribution in [0.2, 0.25) is 0 Å². The normalized spacial score (nSPS) is 10.6. The third-order valence-corrected chi connectivity index (χ3v) is 4.54. The molecule has 0 spiro atoms. The molecule has 0 aliphatic rings. The van der Waals surface area contributed by atoms with Gasteiger partial charge in [0.25, 0.3) is 5.91 Å². The van der Waals surface area contributed by atoms with E-state index in [-0.39, 0.29) is 24.1 Å². The average Bonchev–Trinajstić information content (AvgIpc) is 3.36. The Morgan fingerprint density at radius 2 is 2.07 bits per heavy atom. The summed E-state index contributed by atoms with van der Waals surface area (Å²) < 4.78 is 6.80. The maximum atomic E-state index is 12.4. The molecule has 0 saturated carbocycles. The maximum Gasteiger partial charge on any atom is 0.253 e. The molecule has 0 radical (unpaired) electrons.